The number of hydrogen-bond acceptors (Lipinski definition) is 1. The highest BCUT2D eigenvalue weighted by atomic mass is 79.9. The maximum atomic E-state index is 13.6. The summed E-state index contributed by atoms with van der Waals surface area (Å²) in [5.74, 6) is -0.335. The van der Waals surface area contributed by atoms with E-state index in [0.717, 1.165) is 6.42 Å². The van der Waals surface area contributed by atoms with Gasteiger partial charge in [-0.1, -0.05) is 36.2 Å². The number of hydrogen-bond donors (Lipinski definition) is 0. The van der Waals surface area contributed by atoms with E-state index >= 15 is 0 Å². The molecule has 0 aromatic heterocycles. The Morgan fingerprint density at radius 1 is 1.53 bits per heavy atom. The van der Waals surface area contributed by atoms with E-state index in [0.29, 0.717) is 16.9 Å². The molecule has 0 N–H and O–H groups in total. The average Bonchev–Trinajstić information content (AvgIpc) is 2.28. The standard InChI is InChI=1S/C13H17BrFNO/c1-4-9(2)8-16(3)13(17)11-6-5-10(14)7-12(11)15/h5-7,9H,4,8H2,1-3H3. The molecule has 0 bridgehead atoms. The van der Waals surface area contributed by atoms with E-state index in [1.807, 2.05) is 0 Å². The molecule has 0 aliphatic carbocycles. The fourth-order valence-corrected chi connectivity index (χ4v) is 1.88. The van der Waals surface area contributed by atoms with Crippen molar-refractivity contribution in [2.24, 2.45) is 5.92 Å². The number of halogens is 2. The summed E-state index contributed by atoms with van der Waals surface area (Å²) in [5.41, 5.74) is 0.124. The predicted octanol–water partition coefficient (Wildman–Crippen LogP) is 3.71. The number of nitrogens with zero attached hydrogens (tertiary/aromatic N) is 1. The first-order valence-electron chi connectivity index (χ1n) is 5.66. The zero-order valence-electron chi connectivity index (χ0n) is 10.3. The van der Waals surface area contributed by atoms with E-state index in [-0.39, 0.29) is 11.5 Å². The molecule has 1 aromatic carbocycles. The second kappa shape index (κ2) is 6.15. The van der Waals surface area contributed by atoms with Crippen LogP contribution in [0.4, 0.5) is 4.39 Å². The van der Waals surface area contributed by atoms with Gasteiger partial charge in [-0.05, 0) is 24.1 Å². The van der Waals surface area contributed by atoms with Crippen LogP contribution in [0.3, 0.4) is 0 Å². The number of amides is 1. The smallest absolute Gasteiger partial charge is 0.256 e. The molecule has 0 aliphatic heterocycles. The highest BCUT2D eigenvalue weighted by Crippen LogP contribution is 2.17. The van der Waals surface area contributed by atoms with Gasteiger partial charge in [0.1, 0.15) is 5.82 Å². The SMILES string of the molecule is CCC(C)CN(C)C(=O)c1ccc(Br)cc1F. The molecule has 1 aromatic rings. The first kappa shape index (κ1) is 14.2. The summed E-state index contributed by atoms with van der Waals surface area (Å²) >= 11 is 3.17. The molecule has 0 heterocycles. The van der Waals surface area contributed by atoms with Crippen LogP contribution < -0.4 is 0 Å². The minimum Gasteiger partial charge on any atom is -0.341 e. The first-order chi connectivity index (χ1) is 7.95. The largest absolute Gasteiger partial charge is 0.341 e. The van der Waals surface area contributed by atoms with Crippen molar-refractivity contribution in [3.05, 3.63) is 34.1 Å². The summed E-state index contributed by atoms with van der Waals surface area (Å²) in [6.45, 7) is 4.79. The molecule has 2 nitrogen and oxygen atoms in total. The Kier molecular flexibility index (Phi) is 5.12. The third kappa shape index (κ3) is 3.80. The van der Waals surface area contributed by atoms with Gasteiger partial charge in [0.25, 0.3) is 5.91 Å². The summed E-state index contributed by atoms with van der Waals surface area (Å²) in [4.78, 5) is 13.6. The quantitative estimate of drug-likeness (QED) is 0.830. The minimum absolute atomic E-state index is 0.124. The number of carbonyl (C=O) groups is 1. The van der Waals surface area contributed by atoms with Gasteiger partial charge >= 0.3 is 0 Å². The van der Waals surface area contributed by atoms with Crippen molar-refractivity contribution >= 4 is 21.8 Å². The van der Waals surface area contributed by atoms with Crippen LogP contribution in [-0.4, -0.2) is 24.4 Å². The van der Waals surface area contributed by atoms with E-state index in [9.17, 15) is 9.18 Å². The van der Waals surface area contributed by atoms with Gasteiger partial charge in [0.05, 0.1) is 5.56 Å². The molecule has 0 spiro atoms. The van der Waals surface area contributed by atoms with Crippen LogP contribution in [0.15, 0.2) is 22.7 Å². The van der Waals surface area contributed by atoms with Crippen LogP contribution >= 0.6 is 15.9 Å². The Labute approximate surface area is 110 Å². The summed E-state index contributed by atoms with van der Waals surface area (Å²) in [6, 6.07) is 4.49. The molecule has 1 unspecified atom stereocenters. The van der Waals surface area contributed by atoms with E-state index in [4.69, 9.17) is 0 Å². The summed E-state index contributed by atoms with van der Waals surface area (Å²) in [7, 11) is 1.70. The number of carbonyl (C=O) groups excluding carboxylic acids is 1. The maximum Gasteiger partial charge on any atom is 0.256 e. The van der Waals surface area contributed by atoms with E-state index in [1.54, 1.807) is 18.0 Å². The van der Waals surface area contributed by atoms with Gasteiger partial charge in [0.2, 0.25) is 0 Å². The second-order valence-electron chi connectivity index (χ2n) is 4.32. The van der Waals surface area contributed by atoms with Crippen molar-refractivity contribution in [1.29, 1.82) is 0 Å². The first-order valence-corrected chi connectivity index (χ1v) is 6.45. The molecule has 0 saturated heterocycles. The summed E-state index contributed by atoms with van der Waals surface area (Å²) < 4.78 is 14.2. The van der Waals surface area contributed by atoms with Crippen molar-refractivity contribution in [3.8, 4) is 0 Å². The Hall–Kier alpha value is -0.900. The van der Waals surface area contributed by atoms with Gasteiger partial charge in [0.15, 0.2) is 0 Å². The Balaban J connectivity index is 2.81. The zero-order chi connectivity index (χ0) is 13.0. The fraction of sp³-hybridized carbons (Fsp3) is 0.462. The lowest BCUT2D eigenvalue weighted by atomic mass is 10.1. The summed E-state index contributed by atoms with van der Waals surface area (Å²) in [6.07, 6.45) is 1.00. The Morgan fingerprint density at radius 3 is 2.71 bits per heavy atom. The van der Waals surface area contributed by atoms with Gasteiger partial charge in [-0.25, -0.2) is 4.39 Å². The van der Waals surface area contributed by atoms with Crippen molar-refractivity contribution in [1.82, 2.24) is 4.90 Å². The predicted molar refractivity (Wildman–Crippen MR) is 70.5 cm³/mol. The fourth-order valence-electron chi connectivity index (χ4n) is 1.55. The number of rotatable bonds is 4. The molecule has 1 rings (SSSR count). The maximum absolute atomic E-state index is 13.6. The van der Waals surface area contributed by atoms with Crippen molar-refractivity contribution in [2.45, 2.75) is 20.3 Å². The second-order valence-corrected chi connectivity index (χ2v) is 5.24. The molecule has 1 amide bonds. The van der Waals surface area contributed by atoms with Gasteiger partial charge in [0, 0.05) is 18.1 Å². The third-order valence-corrected chi connectivity index (χ3v) is 3.28. The van der Waals surface area contributed by atoms with E-state index < -0.39 is 5.82 Å². The van der Waals surface area contributed by atoms with Crippen LogP contribution in [0.1, 0.15) is 30.6 Å². The molecule has 1 atom stereocenters. The Morgan fingerprint density at radius 2 is 2.18 bits per heavy atom. The van der Waals surface area contributed by atoms with Crippen LogP contribution in [0.2, 0.25) is 0 Å². The Bertz CT molecular complexity index is 408. The molecule has 94 valence electrons. The van der Waals surface area contributed by atoms with Crippen LogP contribution in [0.25, 0.3) is 0 Å². The van der Waals surface area contributed by atoms with Crippen molar-refractivity contribution in [2.75, 3.05) is 13.6 Å². The lowest BCUT2D eigenvalue weighted by Crippen LogP contribution is -2.31. The normalized spacial score (nSPS) is 12.3. The van der Waals surface area contributed by atoms with Gasteiger partial charge in [-0.2, -0.15) is 0 Å². The lowest BCUT2D eigenvalue weighted by Gasteiger charge is -2.21. The molecule has 0 radical (unpaired) electrons. The zero-order valence-corrected chi connectivity index (χ0v) is 11.9. The topological polar surface area (TPSA) is 20.3 Å². The van der Waals surface area contributed by atoms with Gasteiger partial charge in [-0.3, -0.25) is 4.79 Å². The van der Waals surface area contributed by atoms with Crippen LogP contribution in [-0.2, 0) is 0 Å². The molecule has 0 aliphatic rings. The van der Waals surface area contributed by atoms with Crippen molar-refractivity contribution in [3.63, 3.8) is 0 Å². The van der Waals surface area contributed by atoms with Crippen LogP contribution in [0.5, 0.6) is 0 Å². The molecule has 17 heavy (non-hydrogen) atoms. The summed E-state index contributed by atoms with van der Waals surface area (Å²) in [5, 5.41) is 0. The number of benzene rings is 1. The lowest BCUT2D eigenvalue weighted by molar-refractivity contribution is 0.0770. The van der Waals surface area contributed by atoms with E-state index in [1.165, 1.54) is 12.1 Å². The van der Waals surface area contributed by atoms with Gasteiger partial charge < -0.3 is 4.90 Å². The van der Waals surface area contributed by atoms with E-state index in [2.05, 4.69) is 29.8 Å². The highest BCUT2D eigenvalue weighted by Gasteiger charge is 2.17. The molecule has 0 saturated carbocycles. The minimum atomic E-state index is -0.486. The molecule has 0 fully saturated rings. The third-order valence-electron chi connectivity index (χ3n) is 2.79. The van der Waals surface area contributed by atoms with Crippen molar-refractivity contribution < 1.29 is 9.18 Å². The molecular weight excluding hydrogens is 285 g/mol. The van der Waals surface area contributed by atoms with Crippen LogP contribution in [0, 0.1) is 11.7 Å². The highest BCUT2D eigenvalue weighted by molar-refractivity contribution is 9.10. The van der Waals surface area contributed by atoms with Gasteiger partial charge in [-0.15, -0.1) is 0 Å². The monoisotopic (exact) mass is 301 g/mol. The molecular formula is C13H17BrFNO. The molecule has 4 heteroatoms. The average molecular weight is 302 g/mol.